The van der Waals surface area contributed by atoms with Gasteiger partial charge in [-0.05, 0) is 0 Å². The quantitative estimate of drug-likeness (QED) is 0.299. The van der Waals surface area contributed by atoms with Crippen LogP contribution in [0.15, 0.2) is 127 Å². The summed E-state index contributed by atoms with van der Waals surface area (Å²) in [5.41, 5.74) is 0. The molecule has 0 aliphatic carbocycles. The fourth-order valence-electron chi connectivity index (χ4n) is 4.29. The van der Waals surface area contributed by atoms with E-state index in [4.69, 9.17) is 0 Å². The van der Waals surface area contributed by atoms with E-state index in [1.807, 2.05) is 0 Å². The van der Waals surface area contributed by atoms with Crippen LogP contribution in [0.4, 0.5) is 0 Å². The molecule has 0 aromatic heterocycles. The van der Waals surface area contributed by atoms with Crippen molar-refractivity contribution in [3.63, 3.8) is 0 Å². The molecule has 0 saturated heterocycles. The molecule has 0 radical (unpaired) electrons. The maximum absolute atomic E-state index is 2.41. The van der Waals surface area contributed by atoms with Crippen molar-refractivity contribution in [2.45, 2.75) is 0 Å². The van der Waals surface area contributed by atoms with Gasteiger partial charge in [-0.3, -0.25) is 0 Å². The van der Waals surface area contributed by atoms with E-state index in [0.717, 1.165) is 0 Å². The van der Waals surface area contributed by atoms with Crippen LogP contribution in [0.25, 0.3) is 32.3 Å². The topological polar surface area (TPSA) is 0 Å². The summed E-state index contributed by atoms with van der Waals surface area (Å²) < 4.78 is 4.35. The molecule has 6 aromatic rings. The van der Waals surface area contributed by atoms with Gasteiger partial charge in [0.15, 0.2) is 0 Å². The van der Waals surface area contributed by atoms with Crippen molar-refractivity contribution in [1.29, 1.82) is 0 Å². The molecule has 0 amide bonds. The number of benzene rings is 6. The molecular formula is C30H21Se+. The minimum absolute atomic E-state index is 1.30. The van der Waals surface area contributed by atoms with Crippen LogP contribution >= 0.6 is 0 Å². The Morgan fingerprint density at radius 3 is 0.903 bits per heavy atom. The van der Waals surface area contributed by atoms with E-state index >= 15 is 0 Å². The summed E-state index contributed by atoms with van der Waals surface area (Å²) in [5.74, 6) is 0. The summed E-state index contributed by atoms with van der Waals surface area (Å²) in [5, 5.41) is 7.84. The van der Waals surface area contributed by atoms with Crippen molar-refractivity contribution < 1.29 is 0 Å². The molecule has 0 nitrogen and oxygen atoms in total. The first kappa shape index (κ1) is 18.4. The van der Waals surface area contributed by atoms with E-state index in [2.05, 4.69) is 127 Å². The molecule has 0 atom stereocenters. The molecule has 0 unspecified atom stereocenters. The van der Waals surface area contributed by atoms with E-state index in [1.165, 1.54) is 45.7 Å². The van der Waals surface area contributed by atoms with Crippen molar-refractivity contribution in [2.75, 3.05) is 0 Å². The normalized spacial score (nSPS) is 11.5. The van der Waals surface area contributed by atoms with Gasteiger partial charge in [0.1, 0.15) is 0 Å². The Morgan fingerprint density at radius 2 is 0.581 bits per heavy atom. The second-order valence-corrected chi connectivity index (χ2v) is 12.1. The predicted octanol–water partition coefficient (Wildman–Crippen LogP) is 5.66. The Bertz CT molecular complexity index is 1360. The minimum atomic E-state index is -1.45. The molecule has 6 aromatic carbocycles. The van der Waals surface area contributed by atoms with Crippen molar-refractivity contribution >= 4 is 59.6 Å². The first-order chi connectivity index (χ1) is 15.3. The molecule has 0 N–H and O–H groups in total. The summed E-state index contributed by atoms with van der Waals surface area (Å²) in [6.07, 6.45) is 0. The standard InChI is InChI=1S/C30H21Se/c1-4-10-25-19-28(16-13-22(25)7-1)31(29-17-14-23-8-2-5-11-26(23)20-29)30-18-15-24-9-3-6-12-27(24)21-30/h1-21H/q+1. The summed E-state index contributed by atoms with van der Waals surface area (Å²) >= 11 is -1.45. The van der Waals surface area contributed by atoms with Crippen LogP contribution in [0, 0.1) is 0 Å². The fourth-order valence-corrected chi connectivity index (χ4v) is 8.83. The molecule has 0 fully saturated rings. The van der Waals surface area contributed by atoms with Gasteiger partial charge in [-0.15, -0.1) is 0 Å². The number of hydrogen-bond donors (Lipinski definition) is 0. The third-order valence-corrected chi connectivity index (χ3v) is 10.4. The molecule has 0 saturated carbocycles. The SMILES string of the molecule is c1ccc2cc([Se+](c3ccc4ccccc4c3)c3ccc4ccccc4c3)ccc2c1. The van der Waals surface area contributed by atoms with Gasteiger partial charge in [0.05, 0.1) is 0 Å². The van der Waals surface area contributed by atoms with Crippen LogP contribution < -0.4 is 13.4 Å². The van der Waals surface area contributed by atoms with Crippen LogP contribution in [0.1, 0.15) is 0 Å². The molecule has 0 heterocycles. The van der Waals surface area contributed by atoms with E-state index in [1.54, 1.807) is 0 Å². The molecule has 6 rings (SSSR count). The van der Waals surface area contributed by atoms with Crippen LogP contribution in [0.2, 0.25) is 0 Å². The third kappa shape index (κ3) is 3.43. The van der Waals surface area contributed by atoms with E-state index in [-0.39, 0.29) is 0 Å². The van der Waals surface area contributed by atoms with Gasteiger partial charge in [0.2, 0.25) is 0 Å². The van der Waals surface area contributed by atoms with E-state index in [0.29, 0.717) is 0 Å². The molecule has 0 aliphatic heterocycles. The molecule has 0 aliphatic rings. The Hall–Kier alpha value is -3.38. The molecule has 146 valence electrons. The van der Waals surface area contributed by atoms with E-state index < -0.39 is 13.9 Å². The average molecular weight is 460 g/mol. The molecular weight excluding hydrogens is 439 g/mol. The predicted molar refractivity (Wildman–Crippen MR) is 136 cm³/mol. The first-order valence-electron chi connectivity index (χ1n) is 10.6. The van der Waals surface area contributed by atoms with Gasteiger partial charge in [-0.25, -0.2) is 0 Å². The zero-order valence-corrected chi connectivity index (χ0v) is 18.7. The van der Waals surface area contributed by atoms with Gasteiger partial charge in [0.25, 0.3) is 0 Å². The monoisotopic (exact) mass is 461 g/mol. The molecule has 1 heteroatoms. The molecule has 31 heavy (non-hydrogen) atoms. The van der Waals surface area contributed by atoms with Crippen molar-refractivity contribution in [3.05, 3.63) is 127 Å². The second kappa shape index (κ2) is 7.70. The van der Waals surface area contributed by atoms with Gasteiger partial charge >= 0.3 is 187 Å². The van der Waals surface area contributed by atoms with Gasteiger partial charge in [-0.2, -0.15) is 0 Å². The number of rotatable bonds is 3. The third-order valence-electron chi connectivity index (χ3n) is 5.87. The maximum atomic E-state index is 2.41. The average Bonchev–Trinajstić information content (AvgIpc) is 2.84. The Balaban J connectivity index is 1.59. The second-order valence-electron chi connectivity index (χ2n) is 7.83. The summed E-state index contributed by atoms with van der Waals surface area (Å²) in [4.78, 5) is 0. The van der Waals surface area contributed by atoms with Crippen LogP contribution in [-0.4, -0.2) is 13.9 Å². The zero-order valence-electron chi connectivity index (χ0n) is 17.0. The van der Waals surface area contributed by atoms with Crippen molar-refractivity contribution in [2.24, 2.45) is 0 Å². The van der Waals surface area contributed by atoms with Gasteiger partial charge in [-0.1, -0.05) is 0 Å². The summed E-state index contributed by atoms with van der Waals surface area (Å²) in [7, 11) is 0. The van der Waals surface area contributed by atoms with Gasteiger partial charge in [0, 0.05) is 0 Å². The van der Waals surface area contributed by atoms with Crippen LogP contribution in [0.3, 0.4) is 0 Å². The zero-order chi connectivity index (χ0) is 20.6. The van der Waals surface area contributed by atoms with E-state index in [9.17, 15) is 0 Å². The van der Waals surface area contributed by atoms with Crippen LogP contribution in [-0.2, 0) is 0 Å². The van der Waals surface area contributed by atoms with Crippen molar-refractivity contribution in [1.82, 2.24) is 0 Å². The summed E-state index contributed by atoms with van der Waals surface area (Å²) in [6.45, 7) is 0. The Morgan fingerprint density at radius 1 is 0.290 bits per heavy atom. The number of fused-ring (bicyclic) bond motifs is 3. The first-order valence-corrected chi connectivity index (χ1v) is 13.1. The van der Waals surface area contributed by atoms with Gasteiger partial charge < -0.3 is 0 Å². The Labute approximate surface area is 186 Å². The summed E-state index contributed by atoms with van der Waals surface area (Å²) in [6, 6.07) is 47.1. The Kier molecular flexibility index (Phi) is 4.57. The number of hydrogen-bond acceptors (Lipinski definition) is 0. The van der Waals surface area contributed by atoms with Crippen molar-refractivity contribution in [3.8, 4) is 0 Å². The molecule has 0 bridgehead atoms. The fraction of sp³-hybridized carbons (Fsp3) is 0. The van der Waals surface area contributed by atoms with Crippen LogP contribution in [0.5, 0.6) is 0 Å². The molecule has 0 spiro atoms.